The molecular weight excluding hydrogens is 342 g/mol. The summed E-state index contributed by atoms with van der Waals surface area (Å²) in [6, 6.07) is 7.17. The van der Waals surface area contributed by atoms with Crippen molar-refractivity contribution in [3.05, 3.63) is 58.8 Å². The van der Waals surface area contributed by atoms with Gasteiger partial charge >= 0.3 is 5.97 Å². The van der Waals surface area contributed by atoms with Crippen molar-refractivity contribution < 1.29 is 19.1 Å². The maximum absolute atomic E-state index is 12.7. The highest BCUT2D eigenvalue weighted by molar-refractivity contribution is 6.30. The number of carbonyl (C=O) groups is 2. The van der Waals surface area contributed by atoms with Gasteiger partial charge in [0.05, 0.1) is 12.2 Å². The molecule has 0 N–H and O–H groups in total. The first-order valence-electron chi connectivity index (χ1n) is 8.03. The molecule has 5 nitrogen and oxygen atoms in total. The summed E-state index contributed by atoms with van der Waals surface area (Å²) in [5.41, 5.74) is 1.94. The first-order chi connectivity index (χ1) is 12.0. The van der Waals surface area contributed by atoms with Gasteiger partial charge in [-0.3, -0.25) is 4.79 Å². The van der Waals surface area contributed by atoms with Crippen LogP contribution >= 0.6 is 11.6 Å². The van der Waals surface area contributed by atoms with Gasteiger partial charge in [0.15, 0.2) is 0 Å². The number of hydrogen-bond acceptors (Lipinski definition) is 4. The number of halogens is 1. The third kappa shape index (κ3) is 4.50. The first-order valence-corrected chi connectivity index (χ1v) is 8.41. The van der Waals surface area contributed by atoms with Crippen molar-refractivity contribution in [2.75, 3.05) is 26.9 Å². The highest BCUT2D eigenvalue weighted by Crippen LogP contribution is 2.37. The zero-order chi connectivity index (χ0) is 18.4. The molecule has 1 aliphatic rings. The highest BCUT2D eigenvalue weighted by Gasteiger charge is 2.36. The van der Waals surface area contributed by atoms with E-state index in [0.717, 1.165) is 5.56 Å². The van der Waals surface area contributed by atoms with E-state index < -0.39 is 5.97 Å². The molecule has 0 fully saturated rings. The maximum Gasteiger partial charge on any atom is 0.336 e. The van der Waals surface area contributed by atoms with Crippen LogP contribution in [-0.2, 0) is 19.1 Å². The quantitative estimate of drug-likeness (QED) is 0.423. The molecule has 1 heterocycles. The number of allylic oxidation sites excluding steroid dienone is 1. The fourth-order valence-electron chi connectivity index (χ4n) is 2.90. The smallest absolute Gasteiger partial charge is 0.336 e. The summed E-state index contributed by atoms with van der Waals surface area (Å²) < 4.78 is 10.2. The van der Waals surface area contributed by atoms with Crippen LogP contribution in [0.25, 0.3) is 0 Å². The lowest BCUT2D eigenvalue weighted by atomic mass is 9.83. The molecule has 1 atom stereocenters. The van der Waals surface area contributed by atoms with Crippen molar-refractivity contribution in [2.45, 2.75) is 19.3 Å². The molecule has 0 spiro atoms. The van der Waals surface area contributed by atoms with Crippen molar-refractivity contribution in [2.24, 2.45) is 0 Å². The third-order valence-electron chi connectivity index (χ3n) is 4.15. The molecule has 134 valence electrons. The Hall–Kier alpha value is -2.11. The van der Waals surface area contributed by atoms with Crippen LogP contribution in [0.15, 0.2) is 48.2 Å². The fraction of sp³-hybridized carbons (Fsp3) is 0.368. The number of carbonyl (C=O) groups excluding carboxylic acids is 2. The van der Waals surface area contributed by atoms with E-state index in [2.05, 4.69) is 6.58 Å². The van der Waals surface area contributed by atoms with Crippen LogP contribution in [0.4, 0.5) is 0 Å². The van der Waals surface area contributed by atoms with Gasteiger partial charge in [-0.15, -0.1) is 6.58 Å². The van der Waals surface area contributed by atoms with Gasteiger partial charge < -0.3 is 14.4 Å². The monoisotopic (exact) mass is 363 g/mol. The zero-order valence-corrected chi connectivity index (χ0v) is 15.2. The number of amides is 1. The van der Waals surface area contributed by atoms with Crippen LogP contribution < -0.4 is 0 Å². The van der Waals surface area contributed by atoms with Gasteiger partial charge in [-0.1, -0.05) is 29.8 Å². The van der Waals surface area contributed by atoms with Gasteiger partial charge in [-0.2, -0.15) is 0 Å². The molecule has 0 aromatic heterocycles. The van der Waals surface area contributed by atoms with Crippen LogP contribution in [0, 0.1) is 0 Å². The number of rotatable bonds is 7. The summed E-state index contributed by atoms with van der Waals surface area (Å²) in [4.78, 5) is 26.7. The SMILES string of the molecule is C=CCN1C(=O)C[C@@H](c2ccc(Cl)cc2)C(C(=O)OCCOC)=C1C. The Labute approximate surface area is 152 Å². The Bertz CT molecular complexity index is 681. The van der Waals surface area contributed by atoms with Crippen LogP contribution in [-0.4, -0.2) is 43.6 Å². The molecule has 0 unspecified atom stereocenters. The van der Waals surface area contributed by atoms with Gasteiger partial charge in [0.1, 0.15) is 6.61 Å². The maximum atomic E-state index is 12.7. The highest BCUT2D eigenvalue weighted by atomic mass is 35.5. The van der Waals surface area contributed by atoms with E-state index in [-0.39, 0.29) is 24.9 Å². The number of esters is 1. The first kappa shape index (κ1) is 19.2. The second-order valence-electron chi connectivity index (χ2n) is 5.73. The predicted octanol–water partition coefficient (Wildman–Crippen LogP) is 3.31. The average molecular weight is 364 g/mol. The Morgan fingerprint density at radius 1 is 1.36 bits per heavy atom. The predicted molar refractivity (Wildman–Crippen MR) is 96.3 cm³/mol. The van der Waals surface area contributed by atoms with Crippen LogP contribution in [0.3, 0.4) is 0 Å². The molecule has 0 saturated heterocycles. The molecule has 1 amide bonds. The Balaban J connectivity index is 2.41. The standard InChI is InChI=1S/C19H22ClNO4/c1-4-9-21-13(2)18(19(23)25-11-10-24-3)16(12-17(21)22)14-5-7-15(20)8-6-14/h4-8,16H,1,9-12H2,2-3H3/t16-/m0/s1. The largest absolute Gasteiger partial charge is 0.460 e. The second kappa shape index (κ2) is 8.83. The van der Waals surface area contributed by atoms with Crippen molar-refractivity contribution in [1.29, 1.82) is 0 Å². The summed E-state index contributed by atoms with van der Waals surface area (Å²) in [5, 5.41) is 0.601. The van der Waals surface area contributed by atoms with Gasteiger partial charge in [0, 0.05) is 36.7 Å². The van der Waals surface area contributed by atoms with E-state index in [0.29, 0.717) is 29.4 Å². The van der Waals surface area contributed by atoms with E-state index in [1.54, 1.807) is 37.1 Å². The third-order valence-corrected chi connectivity index (χ3v) is 4.40. The van der Waals surface area contributed by atoms with Gasteiger partial charge in [-0.05, 0) is 24.6 Å². The summed E-state index contributed by atoms with van der Waals surface area (Å²) in [7, 11) is 1.54. The Morgan fingerprint density at radius 2 is 2.04 bits per heavy atom. The van der Waals surface area contributed by atoms with Crippen molar-refractivity contribution in [1.82, 2.24) is 4.90 Å². The van der Waals surface area contributed by atoms with E-state index in [1.165, 1.54) is 0 Å². The second-order valence-corrected chi connectivity index (χ2v) is 6.17. The van der Waals surface area contributed by atoms with E-state index in [4.69, 9.17) is 21.1 Å². The molecule has 0 bridgehead atoms. The average Bonchev–Trinajstić information content (AvgIpc) is 2.59. The molecule has 0 saturated carbocycles. The van der Waals surface area contributed by atoms with Crippen molar-refractivity contribution in [3.63, 3.8) is 0 Å². The summed E-state index contributed by atoms with van der Waals surface area (Å²) in [5.74, 6) is -0.845. The van der Waals surface area contributed by atoms with E-state index in [9.17, 15) is 9.59 Å². The number of ether oxygens (including phenoxy) is 2. The fourth-order valence-corrected chi connectivity index (χ4v) is 3.03. The lowest BCUT2D eigenvalue weighted by molar-refractivity contribution is -0.141. The molecule has 2 rings (SSSR count). The molecule has 1 aromatic carbocycles. The Morgan fingerprint density at radius 3 is 2.64 bits per heavy atom. The normalized spacial score (nSPS) is 17.6. The van der Waals surface area contributed by atoms with Gasteiger partial charge in [-0.25, -0.2) is 4.79 Å². The van der Waals surface area contributed by atoms with Crippen molar-refractivity contribution in [3.8, 4) is 0 Å². The molecule has 6 heteroatoms. The molecule has 0 aliphatic carbocycles. The lowest BCUT2D eigenvalue weighted by Gasteiger charge is -2.34. The van der Waals surface area contributed by atoms with Crippen LogP contribution in [0.5, 0.6) is 0 Å². The van der Waals surface area contributed by atoms with Gasteiger partial charge in [0.25, 0.3) is 0 Å². The lowest BCUT2D eigenvalue weighted by Crippen LogP contribution is -2.38. The molecule has 1 aromatic rings. The number of nitrogens with zero attached hydrogens (tertiary/aromatic N) is 1. The number of hydrogen-bond donors (Lipinski definition) is 0. The minimum atomic E-state index is -0.434. The zero-order valence-electron chi connectivity index (χ0n) is 14.5. The molecule has 1 aliphatic heterocycles. The molecule has 0 radical (unpaired) electrons. The number of benzene rings is 1. The minimum Gasteiger partial charge on any atom is -0.460 e. The summed E-state index contributed by atoms with van der Waals surface area (Å²) in [6.45, 7) is 6.27. The molecular formula is C19H22ClNO4. The number of methoxy groups -OCH3 is 1. The van der Waals surface area contributed by atoms with Crippen LogP contribution in [0.2, 0.25) is 5.02 Å². The topological polar surface area (TPSA) is 55.8 Å². The van der Waals surface area contributed by atoms with E-state index >= 15 is 0 Å². The summed E-state index contributed by atoms with van der Waals surface area (Å²) in [6.07, 6.45) is 1.83. The van der Waals surface area contributed by atoms with Crippen molar-refractivity contribution >= 4 is 23.5 Å². The minimum absolute atomic E-state index is 0.0502. The summed E-state index contributed by atoms with van der Waals surface area (Å²) >= 11 is 5.95. The van der Waals surface area contributed by atoms with Gasteiger partial charge in [0.2, 0.25) is 5.91 Å². The Kier molecular flexibility index (Phi) is 6.79. The van der Waals surface area contributed by atoms with Crippen LogP contribution in [0.1, 0.15) is 24.8 Å². The van der Waals surface area contributed by atoms with E-state index in [1.807, 2.05) is 12.1 Å². The molecule has 25 heavy (non-hydrogen) atoms.